The van der Waals surface area contributed by atoms with Crippen molar-refractivity contribution in [3.8, 4) is 12.1 Å². The highest BCUT2D eigenvalue weighted by Gasteiger charge is 2.42. The molecule has 0 saturated carbocycles. The average molecular weight is 482 g/mol. The third-order valence-corrected chi connectivity index (χ3v) is 6.51. The summed E-state index contributed by atoms with van der Waals surface area (Å²) in [6, 6.07) is 11.8. The molecule has 0 fully saturated rings. The molecular weight excluding hydrogens is 461 g/mol. The highest BCUT2D eigenvalue weighted by Crippen LogP contribution is 2.41. The van der Waals surface area contributed by atoms with Gasteiger partial charge < -0.3 is 10.6 Å². The monoisotopic (exact) mass is 481 g/mol. The SMILES string of the molecule is CC1=C(C#N)[C@@H](c2ccc(C#N)cc2S(C)(=O)=O)N(CC(N)=O)C(=O)N1c1cccc(CF)c1. The first-order valence-corrected chi connectivity index (χ1v) is 11.8. The number of carbonyl (C=O) groups is 2. The first-order valence-electron chi connectivity index (χ1n) is 9.92. The van der Waals surface area contributed by atoms with Crippen LogP contribution in [-0.2, 0) is 21.3 Å². The quantitative estimate of drug-likeness (QED) is 0.670. The second-order valence-electron chi connectivity index (χ2n) is 7.67. The molecule has 1 aliphatic heterocycles. The second-order valence-corrected chi connectivity index (χ2v) is 9.65. The van der Waals surface area contributed by atoms with Crippen LogP contribution in [0.25, 0.3) is 0 Å². The Morgan fingerprint density at radius 2 is 1.88 bits per heavy atom. The Morgan fingerprint density at radius 3 is 2.44 bits per heavy atom. The Balaban J connectivity index is 2.34. The summed E-state index contributed by atoms with van der Waals surface area (Å²) >= 11 is 0. The summed E-state index contributed by atoms with van der Waals surface area (Å²) in [4.78, 5) is 27.4. The maximum absolute atomic E-state index is 13.6. The van der Waals surface area contributed by atoms with Gasteiger partial charge in [0.2, 0.25) is 5.91 Å². The average Bonchev–Trinajstić information content (AvgIpc) is 2.79. The predicted molar refractivity (Wildman–Crippen MR) is 120 cm³/mol. The van der Waals surface area contributed by atoms with Gasteiger partial charge in [-0.15, -0.1) is 0 Å². The van der Waals surface area contributed by atoms with Crippen LogP contribution < -0.4 is 10.6 Å². The number of amides is 3. The zero-order valence-electron chi connectivity index (χ0n) is 18.3. The van der Waals surface area contributed by atoms with E-state index >= 15 is 0 Å². The Kier molecular flexibility index (Phi) is 6.70. The maximum atomic E-state index is 13.6. The van der Waals surface area contributed by atoms with Crippen LogP contribution in [0, 0.1) is 22.7 Å². The number of allylic oxidation sites excluding steroid dienone is 1. The van der Waals surface area contributed by atoms with Gasteiger partial charge in [-0.05, 0) is 42.3 Å². The molecule has 3 amide bonds. The zero-order valence-corrected chi connectivity index (χ0v) is 19.1. The molecule has 0 bridgehead atoms. The normalized spacial score (nSPS) is 16.3. The molecule has 2 aromatic rings. The molecule has 0 unspecified atom stereocenters. The highest BCUT2D eigenvalue weighted by molar-refractivity contribution is 7.90. The minimum atomic E-state index is -3.90. The number of anilines is 1. The van der Waals surface area contributed by atoms with Crippen LogP contribution in [0.1, 0.15) is 29.7 Å². The first-order chi connectivity index (χ1) is 16.0. The van der Waals surface area contributed by atoms with E-state index in [4.69, 9.17) is 5.73 Å². The molecule has 0 aliphatic carbocycles. The molecule has 2 aromatic carbocycles. The fourth-order valence-electron chi connectivity index (χ4n) is 3.88. The number of nitriles is 2. The van der Waals surface area contributed by atoms with Gasteiger partial charge in [0.25, 0.3) is 0 Å². The van der Waals surface area contributed by atoms with Crippen molar-refractivity contribution in [2.45, 2.75) is 24.5 Å². The standard InChI is InChI=1S/C23H20FN5O4S/c1-14-19(12-26)22(18-7-6-16(11-25)9-20(18)34(2,32)33)28(13-21(27)30)23(31)29(14)17-5-3-4-15(8-17)10-24/h3-9,22H,10,13H2,1-2H3,(H2,27,30)/t22-/m1/s1. The van der Waals surface area contributed by atoms with E-state index in [2.05, 4.69) is 0 Å². The fraction of sp³-hybridized carbons (Fsp3) is 0.217. The Morgan fingerprint density at radius 1 is 1.18 bits per heavy atom. The number of hydrogen-bond acceptors (Lipinski definition) is 6. The van der Waals surface area contributed by atoms with Gasteiger partial charge in [0.05, 0.1) is 39.9 Å². The molecule has 11 heteroatoms. The van der Waals surface area contributed by atoms with Crippen LogP contribution in [0.3, 0.4) is 0 Å². The first kappa shape index (κ1) is 24.4. The Labute approximate surface area is 196 Å². The number of halogens is 1. The van der Waals surface area contributed by atoms with Gasteiger partial charge in [-0.2, -0.15) is 10.5 Å². The second kappa shape index (κ2) is 9.33. The maximum Gasteiger partial charge on any atom is 0.330 e. The lowest BCUT2D eigenvalue weighted by Gasteiger charge is -2.41. The van der Waals surface area contributed by atoms with E-state index in [1.807, 2.05) is 12.1 Å². The van der Waals surface area contributed by atoms with Crippen molar-refractivity contribution < 1.29 is 22.4 Å². The molecule has 0 saturated heterocycles. The number of sulfone groups is 1. The van der Waals surface area contributed by atoms with E-state index in [1.54, 1.807) is 12.1 Å². The number of nitrogens with two attached hydrogens (primary N) is 1. The lowest BCUT2D eigenvalue weighted by atomic mass is 9.93. The molecule has 0 radical (unpaired) electrons. The number of nitrogens with zero attached hydrogens (tertiary/aromatic N) is 4. The van der Waals surface area contributed by atoms with Gasteiger partial charge in [-0.25, -0.2) is 17.6 Å². The van der Waals surface area contributed by atoms with Crippen molar-refractivity contribution in [1.82, 2.24) is 4.90 Å². The van der Waals surface area contributed by atoms with Crippen molar-refractivity contribution in [2.75, 3.05) is 17.7 Å². The topological polar surface area (TPSA) is 148 Å². The van der Waals surface area contributed by atoms with Gasteiger partial charge >= 0.3 is 6.03 Å². The van der Waals surface area contributed by atoms with E-state index < -0.39 is 41.0 Å². The smallest absolute Gasteiger partial charge is 0.330 e. The summed E-state index contributed by atoms with van der Waals surface area (Å²) in [5.41, 5.74) is 6.23. The van der Waals surface area contributed by atoms with Crippen LogP contribution >= 0.6 is 0 Å². The van der Waals surface area contributed by atoms with E-state index in [9.17, 15) is 32.9 Å². The van der Waals surface area contributed by atoms with Gasteiger partial charge in [-0.3, -0.25) is 9.69 Å². The van der Waals surface area contributed by atoms with Crippen molar-refractivity contribution >= 4 is 27.5 Å². The van der Waals surface area contributed by atoms with Crippen molar-refractivity contribution in [3.05, 3.63) is 70.4 Å². The summed E-state index contributed by atoms with van der Waals surface area (Å²) in [5.74, 6) is -0.887. The van der Waals surface area contributed by atoms with Crippen molar-refractivity contribution in [3.63, 3.8) is 0 Å². The molecule has 3 rings (SSSR count). The molecule has 34 heavy (non-hydrogen) atoms. The molecular formula is C23H20FN5O4S. The molecule has 1 atom stereocenters. The number of benzene rings is 2. The minimum absolute atomic E-state index is 0.0129. The van der Waals surface area contributed by atoms with E-state index in [0.717, 1.165) is 22.1 Å². The summed E-state index contributed by atoms with van der Waals surface area (Å²) in [6.45, 7) is 0.0989. The lowest BCUT2D eigenvalue weighted by molar-refractivity contribution is -0.118. The van der Waals surface area contributed by atoms with Crippen LogP contribution in [0.2, 0.25) is 0 Å². The van der Waals surface area contributed by atoms with Gasteiger partial charge in [0, 0.05) is 12.0 Å². The Hall–Kier alpha value is -4.22. The number of rotatable bonds is 6. The van der Waals surface area contributed by atoms with Crippen LogP contribution in [0.5, 0.6) is 0 Å². The summed E-state index contributed by atoms with van der Waals surface area (Å²) in [6.07, 6.45) is 0.938. The predicted octanol–water partition coefficient (Wildman–Crippen LogP) is 2.70. The summed E-state index contributed by atoms with van der Waals surface area (Å²) < 4.78 is 38.4. The molecule has 174 valence electrons. The van der Waals surface area contributed by atoms with Crippen LogP contribution in [-0.4, -0.2) is 38.1 Å². The van der Waals surface area contributed by atoms with Crippen molar-refractivity contribution in [1.29, 1.82) is 10.5 Å². The number of carbonyl (C=O) groups excluding carboxylic acids is 2. The molecule has 2 N–H and O–H groups in total. The lowest BCUT2D eigenvalue weighted by Crippen LogP contribution is -2.52. The van der Waals surface area contributed by atoms with E-state index in [-0.39, 0.29) is 33.0 Å². The van der Waals surface area contributed by atoms with Gasteiger partial charge in [0.15, 0.2) is 9.84 Å². The highest BCUT2D eigenvalue weighted by atomic mass is 32.2. The molecule has 9 nitrogen and oxygen atoms in total. The summed E-state index contributed by atoms with van der Waals surface area (Å²) in [7, 11) is -3.90. The third kappa shape index (κ3) is 4.47. The third-order valence-electron chi connectivity index (χ3n) is 5.35. The van der Waals surface area contributed by atoms with Crippen LogP contribution in [0.4, 0.5) is 14.9 Å². The number of alkyl halides is 1. The zero-order chi connectivity index (χ0) is 25.2. The van der Waals surface area contributed by atoms with Gasteiger partial charge in [0.1, 0.15) is 13.2 Å². The van der Waals surface area contributed by atoms with E-state index in [0.29, 0.717) is 5.56 Å². The Bertz CT molecular complexity index is 1410. The van der Waals surface area contributed by atoms with Gasteiger partial charge in [-0.1, -0.05) is 18.2 Å². The fourth-order valence-corrected chi connectivity index (χ4v) is 4.83. The number of hydrogen-bond donors (Lipinski definition) is 1. The minimum Gasteiger partial charge on any atom is -0.368 e. The van der Waals surface area contributed by atoms with E-state index in [1.165, 1.54) is 31.2 Å². The molecule has 1 heterocycles. The van der Waals surface area contributed by atoms with Crippen molar-refractivity contribution in [2.24, 2.45) is 5.73 Å². The summed E-state index contributed by atoms with van der Waals surface area (Å²) in [5, 5.41) is 19.3. The number of urea groups is 1. The number of primary amides is 1. The molecule has 0 aromatic heterocycles. The molecule has 1 aliphatic rings. The molecule has 0 spiro atoms. The largest absolute Gasteiger partial charge is 0.368 e. The van der Waals surface area contributed by atoms with Crippen LogP contribution in [0.15, 0.2) is 58.6 Å².